The molecule has 28 nitrogen and oxygen atoms in total. The molecule has 1 heterocycles. The number of aliphatic carboxylic acids is 3. The van der Waals surface area contributed by atoms with E-state index in [-0.39, 0.29) is 37.4 Å². The molecular formula is C54H77N11O17. The average molecular weight is 1150 g/mol. The Morgan fingerprint density at radius 1 is 0.561 bits per heavy atom. The highest BCUT2D eigenvalue weighted by atomic mass is 16.4. The van der Waals surface area contributed by atoms with E-state index in [0.29, 0.717) is 22.0 Å². The number of aliphatic hydroxyl groups excluding tert-OH is 1. The predicted molar refractivity (Wildman–Crippen MR) is 293 cm³/mol. The lowest BCUT2D eigenvalue weighted by molar-refractivity contribution is -0.144. The summed E-state index contributed by atoms with van der Waals surface area (Å²) in [6.07, 6.45) is -2.16. The molecule has 0 bridgehead atoms. The molecule has 1 aromatic heterocycles. The number of H-pyrrole nitrogens is 1. The van der Waals surface area contributed by atoms with Crippen LogP contribution in [0.5, 0.6) is 5.75 Å². The maximum absolute atomic E-state index is 14.6. The molecule has 0 saturated carbocycles. The number of benzene rings is 2. The average Bonchev–Trinajstić information content (AvgIpc) is 3.82. The number of hydrogen-bond donors (Lipinski definition) is 16. The van der Waals surface area contributed by atoms with Gasteiger partial charge in [-0.3, -0.25) is 52.7 Å². The molecule has 3 rings (SSSR count). The minimum absolute atomic E-state index is 0.0191. The van der Waals surface area contributed by atoms with Gasteiger partial charge in [-0.1, -0.05) is 78.3 Å². The van der Waals surface area contributed by atoms with Crippen molar-refractivity contribution < 1.29 is 83.1 Å². The third-order valence-corrected chi connectivity index (χ3v) is 13.2. The van der Waals surface area contributed by atoms with Crippen molar-refractivity contribution in [1.29, 1.82) is 0 Å². The molecule has 3 aromatic rings. The third-order valence-electron chi connectivity index (χ3n) is 13.2. The van der Waals surface area contributed by atoms with Crippen molar-refractivity contribution in [3.8, 4) is 5.75 Å². The molecule has 82 heavy (non-hydrogen) atoms. The second-order valence-corrected chi connectivity index (χ2v) is 20.7. The van der Waals surface area contributed by atoms with E-state index in [1.807, 2.05) is 0 Å². The molecule has 18 N–H and O–H groups in total. The molecule has 0 aliphatic rings. The van der Waals surface area contributed by atoms with Crippen molar-refractivity contribution in [3.05, 3.63) is 65.9 Å². The van der Waals surface area contributed by atoms with E-state index in [1.165, 1.54) is 38.1 Å². The number of carbonyl (C=O) groups is 12. The number of hydrogen-bond acceptors (Lipinski definition) is 15. The number of phenols is 1. The number of nitrogens with two attached hydrogens (primary N) is 2. The molecule has 0 radical (unpaired) electrons. The number of primary amides is 1. The van der Waals surface area contributed by atoms with Gasteiger partial charge in [-0.25, -0.2) is 4.79 Å². The molecule has 9 amide bonds. The Morgan fingerprint density at radius 2 is 1.05 bits per heavy atom. The monoisotopic (exact) mass is 1150 g/mol. The molecule has 0 aliphatic heterocycles. The van der Waals surface area contributed by atoms with E-state index in [1.54, 1.807) is 58.2 Å². The van der Waals surface area contributed by atoms with Crippen LogP contribution in [-0.4, -0.2) is 163 Å². The summed E-state index contributed by atoms with van der Waals surface area (Å²) in [7, 11) is 0. The van der Waals surface area contributed by atoms with Crippen LogP contribution in [0.15, 0.2) is 54.7 Å². The highest BCUT2D eigenvalue weighted by Crippen LogP contribution is 2.21. The lowest BCUT2D eigenvalue weighted by Gasteiger charge is -2.30. The first kappa shape index (κ1) is 67.6. The Bertz CT molecular complexity index is 2750. The number of carboxylic acid groups (broad SMARTS) is 3. The Hall–Kier alpha value is -8.66. The van der Waals surface area contributed by atoms with Crippen LogP contribution >= 0.6 is 0 Å². The molecule has 0 fully saturated rings. The number of aliphatic hydroxyl groups is 1. The van der Waals surface area contributed by atoms with Crippen molar-refractivity contribution >= 4 is 82.0 Å². The van der Waals surface area contributed by atoms with E-state index in [0.717, 1.165) is 0 Å². The lowest BCUT2D eigenvalue weighted by atomic mass is 9.96. The van der Waals surface area contributed by atoms with Crippen LogP contribution in [0.4, 0.5) is 0 Å². The summed E-state index contributed by atoms with van der Waals surface area (Å²) in [6, 6.07) is -1.94. The molecule has 450 valence electrons. The Morgan fingerprint density at radius 3 is 1.60 bits per heavy atom. The summed E-state index contributed by atoms with van der Waals surface area (Å²) in [5.41, 5.74) is 12.5. The highest BCUT2D eigenvalue weighted by Gasteiger charge is 2.38. The topological polar surface area (TPSA) is 470 Å². The number of aromatic nitrogens is 1. The highest BCUT2D eigenvalue weighted by molar-refractivity contribution is 5.99. The van der Waals surface area contributed by atoms with E-state index in [2.05, 4.69) is 47.5 Å². The fourth-order valence-corrected chi connectivity index (χ4v) is 8.42. The van der Waals surface area contributed by atoms with Gasteiger partial charge in [0.2, 0.25) is 53.2 Å². The number of carboxylic acids is 3. The van der Waals surface area contributed by atoms with Gasteiger partial charge in [-0.2, -0.15) is 0 Å². The number of amides is 9. The first-order valence-corrected chi connectivity index (χ1v) is 26.6. The second-order valence-electron chi connectivity index (χ2n) is 20.7. The second kappa shape index (κ2) is 32.6. The number of fused-ring (bicyclic) bond motifs is 1. The SMILES string of the molecule is CC[C@H](C)[C@H](NC(=O)[C@H](CCC(=O)O)NC(=O)[C@H](CCC(N)=O)NC(=O)[C@H](CC(C)C)NC(=O)[C@@H](N)CO)C(=O)N[C@@H](Cc1c[nH]c2ccccc12)C(=O)N[C@@H](CC(=O)O)C(=O)N[C@@H](Cc1ccc(O)cc1)C(=O)N[C@H](C(=O)O)C(C)C. The number of aromatic amines is 1. The smallest absolute Gasteiger partial charge is 0.326 e. The van der Waals surface area contributed by atoms with Gasteiger partial charge in [0.15, 0.2) is 0 Å². The van der Waals surface area contributed by atoms with Crippen LogP contribution in [0, 0.1) is 17.8 Å². The molecule has 28 heteroatoms. The minimum atomic E-state index is -1.95. The number of carbonyl (C=O) groups excluding carboxylic acids is 9. The maximum atomic E-state index is 14.6. The van der Waals surface area contributed by atoms with Crippen molar-refractivity contribution in [1.82, 2.24) is 47.5 Å². The number of phenolic OH excluding ortho intramolecular Hbond substituents is 1. The summed E-state index contributed by atoms with van der Waals surface area (Å²) in [5, 5.41) is 68.9. The van der Waals surface area contributed by atoms with E-state index < -0.39 is 176 Å². The fourth-order valence-electron chi connectivity index (χ4n) is 8.42. The van der Waals surface area contributed by atoms with Crippen molar-refractivity contribution in [2.75, 3.05) is 6.61 Å². The van der Waals surface area contributed by atoms with Gasteiger partial charge in [0.05, 0.1) is 13.0 Å². The van der Waals surface area contributed by atoms with E-state index in [9.17, 15) is 83.1 Å². The Balaban J connectivity index is 2.04. The summed E-state index contributed by atoms with van der Waals surface area (Å²) < 4.78 is 0. The Kier molecular flexibility index (Phi) is 26.8. The molecule has 0 spiro atoms. The minimum Gasteiger partial charge on any atom is -0.508 e. The summed E-state index contributed by atoms with van der Waals surface area (Å²) >= 11 is 0. The molecule has 0 saturated heterocycles. The molecule has 2 aromatic carbocycles. The van der Waals surface area contributed by atoms with Crippen molar-refractivity contribution in [3.63, 3.8) is 0 Å². The van der Waals surface area contributed by atoms with Gasteiger partial charge < -0.3 is 84.5 Å². The van der Waals surface area contributed by atoms with Crippen LogP contribution in [0.1, 0.15) is 97.6 Å². The number of para-hydroxylation sites is 1. The molecular weight excluding hydrogens is 1070 g/mol. The Labute approximate surface area is 472 Å². The summed E-state index contributed by atoms with van der Waals surface area (Å²) in [6.45, 7) is 8.97. The normalized spacial score (nSPS) is 14.9. The van der Waals surface area contributed by atoms with Crippen LogP contribution in [0.3, 0.4) is 0 Å². The summed E-state index contributed by atoms with van der Waals surface area (Å²) in [5.74, 6) is -15.3. The van der Waals surface area contributed by atoms with Gasteiger partial charge >= 0.3 is 17.9 Å². The first-order chi connectivity index (χ1) is 38.5. The van der Waals surface area contributed by atoms with Crippen LogP contribution in [0.2, 0.25) is 0 Å². The quantitative estimate of drug-likeness (QED) is 0.0312. The van der Waals surface area contributed by atoms with Crippen LogP contribution in [0.25, 0.3) is 10.9 Å². The zero-order valence-electron chi connectivity index (χ0n) is 46.5. The maximum Gasteiger partial charge on any atom is 0.326 e. The standard InChI is InChI=1S/C54H77N11O17/c1-7-28(6)45(65-48(75)36(17-19-42(69)70)58-47(74)35(16-18-41(56)68)59-49(76)37(20-26(2)3)60-46(73)33(55)25-66)53(80)63-39(22-30-24-57-34-11-9-8-10-32(30)34)50(77)62-40(23-43(71)72)51(78)61-38(21-29-12-14-31(67)15-13-29)52(79)64-44(27(4)5)54(81)82/h8-15,24,26-28,33,35-40,44-45,57,66-67H,7,16-23,25,55H2,1-6H3,(H2,56,68)(H,58,74)(H,59,76)(H,60,73)(H,61,78)(H,62,77)(H,63,80)(H,64,79)(H,65,75)(H,69,70)(H,71,72)(H,81,82)/t28-,33-,35-,36-,37-,38-,39-,40-,44-,45-/m0/s1. The van der Waals surface area contributed by atoms with E-state index >= 15 is 0 Å². The van der Waals surface area contributed by atoms with Gasteiger partial charge in [0.1, 0.15) is 60.1 Å². The number of nitrogens with one attached hydrogen (secondary N) is 9. The predicted octanol–water partition coefficient (Wildman–Crippen LogP) is -1.71. The van der Waals surface area contributed by atoms with Gasteiger partial charge in [-0.05, 0) is 66.3 Å². The number of aromatic hydroxyl groups is 1. The van der Waals surface area contributed by atoms with Crippen LogP contribution < -0.4 is 54.0 Å². The fraction of sp³-hybridized carbons (Fsp3) is 0.519. The zero-order valence-corrected chi connectivity index (χ0v) is 46.5. The molecule has 0 unspecified atom stereocenters. The zero-order chi connectivity index (χ0) is 61.5. The van der Waals surface area contributed by atoms with Gasteiger partial charge in [-0.15, -0.1) is 0 Å². The molecule has 0 aliphatic carbocycles. The van der Waals surface area contributed by atoms with Gasteiger partial charge in [0.25, 0.3) is 0 Å². The van der Waals surface area contributed by atoms with E-state index in [4.69, 9.17) is 11.5 Å². The first-order valence-electron chi connectivity index (χ1n) is 26.6. The van der Waals surface area contributed by atoms with Crippen molar-refractivity contribution in [2.45, 2.75) is 154 Å². The van der Waals surface area contributed by atoms with Gasteiger partial charge in [0, 0.05) is 42.8 Å². The van der Waals surface area contributed by atoms with Crippen LogP contribution in [-0.2, 0) is 70.4 Å². The number of rotatable bonds is 35. The van der Waals surface area contributed by atoms with Crippen molar-refractivity contribution in [2.24, 2.45) is 29.2 Å². The molecule has 10 atom stereocenters. The lowest BCUT2D eigenvalue weighted by Crippen LogP contribution is -2.62. The largest absolute Gasteiger partial charge is 0.508 e. The summed E-state index contributed by atoms with van der Waals surface area (Å²) in [4.78, 5) is 163. The third kappa shape index (κ3) is 21.8.